The minimum atomic E-state index is -0.937. The highest BCUT2D eigenvalue weighted by Gasteiger charge is 2.17. The van der Waals surface area contributed by atoms with Gasteiger partial charge in [0.15, 0.2) is 11.6 Å². The van der Waals surface area contributed by atoms with Crippen molar-refractivity contribution in [3.05, 3.63) is 62.9 Å². The number of hydrogen-bond acceptors (Lipinski definition) is 4. The Morgan fingerprint density at radius 1 is 1.38 bits per heavy atom. The monoisotopic (exact) mass is 311 g/mol. The third kappa shape index (κ3) is 3.29. The van der Waals surface area contributed by atoms with Gasteiger partial charge in [0.2, 0.25) is 0 Å². The Labute approximate surface area is 124 Å². The van der Waals surface area contributed by atoms with Crippen LogP contribution in [0.2, 0.25) is 5.02 Å². The van der Waals surface area contributed by atoms with Crippen molar-refractivity contribution in [3.63, 3.8) is 0 Å². The van der Waals surface area contributed by atoms with Crippen molar-refractivity contribution in [2.24, 2.45) is 0 Å². The van der Waals surface area contributed by atoms with Crippen molar-refractivity contribution in [3.8, 4) is 11.5 Å². The molecular formula is C14H11ClFNO4. The van der Waals surface area contributed by atoms with Crippen LogP contribution in [0.4, 0.5) is 10.1 Å². The lowest BCUT2D eigenvalue weighted by Gasteiger charge is -2.14. The van der Waals surface area contributed by atoms with Crippen LogP contribution in [0.3, 0.4) is 0 Å². The summed E-state index contributed by atoms with van der Waals surface area (Å²) in [7, 11) is 0. The summed E-state index contributed by atoms with van der Waals surface area (Å²) < 4.78 is 19.2. The van der Waals surface area contributed by atoms with Gasteiger partial charge < -0.3 is 9.84 Å². The molecule has 0 fully saturated rings. The molecule has 0 aromatic heterocycles. The average Bonchev–Trinajstić information content (AvgIpc) is 2.42. The molecule has 7 heteroatoms. The molecule has 1 unspecified atom stereocenters. The lowest BCUT2D eigenvalue weighted by molar-refractivity contribution is -0.384. The first-order valence-corrected chi connectivity index (χ1v) is 6.36. The van der Waals surface area contributed by atoms with Gasteiger partial charge in [-0.3, -0.25) is 10.1 Å². The van der Waals surface area contributed by atoms with Crippen LogP contribution in [0.25, 0.3) is 0 Å². The number of halogens is 2. The molecule has 0 aliphatic carbocycles. The molecule has 2 aromatic carbocycles. The quantitative estimate of drug-likeness (QED) is 0.677. The van der Waals surface area contributed by atoms with E-state index in [-0.39, 0.29) is 27.8 Å². The Kier molecular flexibility index (Phi) is 4.40. The molecule has 1 atom stereocenters. The molecule has 5 nitrogen and oxygen atoms in total. The van der Waals surface area contributed by atoms with E-state index in [2.05, 4.69) is 0 Å². The van der Waals surface area contributed by atoms with Crippen LogP contribution in [0.5, 0.6) is 11.5 Å². The van der Waals surface area contributed by atoms with E-state index in [1.165, 1.54) is 37.3 Å². The Bertz CT molecular complexity index is 691. The Morgan fingerprint density at radius 2 is 2.10 bits per heavy atom. The second-order valence-corrected chi connectivity index (χ2v) is 4.72. The molecule has 2 aromatic rings. The van der Waals surface area contributed by atoms with Crippen molar-refractivity contribution in [2.45, 2.75) is 13.0 Å². The molecule has 0 bridgehead atoms. The molecule has 2 rings (SSSR count). The van der Waals surface area contributed by atoms with E-state index in [4.69, 9.17) is 16.3 Å². The van der Waals surface area contributed by atoms with Crippen molar-refractivity contribution in [1.82, 2.24) is 0 Å². The molecule has 21 heavy (non-hydrogen) atoms. The first kappa shape index (κ1) is 15.2. The van der Waals surface area contributed by atoms with E-state index < -0.39 is 16.8 Å². The van der Waals surface area contributed by atoms with E-state index >= 15 is 0 Å². The van der Waals surface area contributed by atoms with E-state index in [0.29, 0.717) is 0 Å². The lowest BCUT2D eigenvalue weighted by Crippen LogP contribution is -1.99. The normalized spacial score (nSPS) is 12.0. The Hall–Kier alpha value is -2.18. The van der Waals surface area contributed by atoms with Crippen molar-refractivity contribution < 1.29 is 19.2 Å². The largest absolute Gasteiger partial charge is 0.452 e. The van der Waals surface area contributed by atoms with Gasteiger partial charge >= 0.3 is 0 Å². The minimum absolute atomic E-state index is 0.0241. The third-order valence-electron chi connectivity index (χ3n) is 2.79. The fourth-order valence-electron chi connectivity index (χ4n) is 1.76. The summed E-state index contributed by atoms with van der Waals surface area (Å²) in [6, 6.07) is 7.73. The van der Waals surface area contributed by atoms with Crippen LogP contribution in [-0.2, 0) is 0 Å². The van der Waals surface area contributed by atoms with Crippen LogP contribution < -0.4 is 4.74 Å². The minimum Gasteiger partial charge on any atom is -0.452 e. The van der Waals surface area contributed by atoms with Gasteiger partial charge in [-0.05, 0) is 19.1 Å². The summed E-state index contributed by atoms with van der Waals surface area (Å²) in [5.74, 6) is -0.764. The number of hydrogen-bond donors (Lipinski definition) is 1. The zero-order chi connectivity index (χ0) is 15.6. The van der Waals surface area contributed by atoms with Gasteiger partial charge in [0.1, 0.15) is 5.75 Å². The summed E-state index contributed by atoms with van der Waals surface area (Å²) in [5, 5.41) is 20.2. The highest BCUT2D eigenvalue weighted by Crippen LogP contribution is 2.36. The predicted octanol–water partition coefficient (Wildman–Crippen LogP) is 4.23. The number of aliphatic hydroxyl groups is 1. The summed E-state index contributed by atoms with van der Waals surface area (Å²) in [6.45, 7) is 1.47. The molecule has 0 saturated carbocycles. The maximum absolute atomic E-state index is 13.8. The number of ether oxygens (including phenoxy) is 1. The number of nitrogens with zero attached hydrogens (tertiary/aromatic N) is 1. The molecule has 0 heterocycles. The number of nitro benzene ring substituents is 1. The summed E-state index contributed by atoms with van der Waals surface area (Å²) in [5.41, 5.74) is 0.0565. The maximum atomic E-state index is 13.8. The van der Waals surface area contributed by atoms with Crippen LogP contribution in [0.1, 0.15) is 18.6 Å². The van der Waals surface area contributed by atoms with E-state index in [1.807, 2.05) is 0 Å². The van der Waals surface area contributed by atoms with E-state index in [1.54, 1.807) is 0 Å². The average molecular weight is 312 g/mol. The highest BCUT2D eigenvalue weighted by molar-refractivity contribution is 6.32. The Balaban J connectivity index is 2.41. The number of benzene rings is 2. The molecule has 0 spiro atoms. The molecule has 1 N–H and O–H groups in total. The number of non-ortho nitro benzene ring substituents is 1. The van der Waals surface area contributed by atoms with Gasteiger partial charge in [-0.2, -0.15) is 0 Å². The summed E-state index contributed by atoms with van der Waals surface area (Å²) in [6.07, 6.45) is -0.937. The van der Waals surface area contributed by atoms with Gasteiger partial charge in [-0.15, -0.1) is 0 Å². The second-order valence-electron chi connectivity index (χ2n) is 4.31. The number of nitro groups is 1. The second kappa shape index (κ2) is 6.07. The highest BCUT2D eigenvalue weighted by atomic mass is 35.5. The van der Waals surface area contributed by atoms with E-state index in [0.717, 1.165) is 6.07 Å². The zero-order valence-electron chi connectivity index (χ0n) is 10.9. The fraction of sp³-hybridized carbons (Fsp3) is 0.143. The first-order chi connectivity index (χ1) is 9.90. The van der Waals surface area contributed by atoms with Gasteiger partial charge in [0.25, 0.3) is 5.69 Å². The van der Waals surface area contributed by atoms with Gasteiger partial charge in [-0.1, -0.05) is 23.7 Å². The topological polar surface area (TPSA) is 72.6 Å². The van der Waals surface area contributed by atoms with Gasteiger partial charge in [0, 0.05) is 17.7 Å². The number of rotatable bonds is 4. The van der Waals surface area contributed by atoms with Crippen LogP contribution in [0, 0.1) is 15.9 Å². The first-order valence-electron chi connectivity index (χ1n) is 5.98. The summed E-state index contributed by atoms with van der Waals surface area (Å²) in [4.78, 5) is 10.0. The number of para-hydroxylation sites is 1. The fourth-order valence-corrected chi connectivity index (χ4v) is 1.97. The predicted molar refractivity (Wildman–Crippen MR) is 75.2 cm³/mol. The van der Waals surface area contributed by atoms with Crippen LogP contribution in [0.15, 0.2) is 36.4 Å². The van der Waals surface area contributed by atoms with Crippen LogP contribution in [-0.4, -0.2) is 10.0 Å². The molecular weight excluding hydrogens is 301 g/mol. The standard InChI is InChI=1S/C14H11ClFNO4/c1-8(18)10-3-2-4-12(16)14(10)21-13-6-5-9(17(19)20)7-11(13)15/h2-8,18H,1H3. The third-order valence-corrected chi connectivity index (χ3v) is 3.08. The molecule has 0 aliphatic heterocycles. The SMILES string of the molecule is CC(O)c1cccc(F)c1Oc1ccc([N+](=O)[O-])cc1Cl. The molecule has 0 radical (unpaired) electrons. The summed E-state index contributed by atoms with van der Waals surface area (Å²) >= 11 is 5.89. The van der Waals surface area contributed by atoms with Crippen molar-refractivity contribution >= 4 is 17.3 Å². The number of aliphatic hydroxyl groups excluding tert-OH is 1. The van der Waals surface area contributed by atoms with E-state index in [9.17, 15) is 19.6 Å². The molecule has 110 valence electrons. The van der Waals surface area contributed by atoms with Crippen LogP contribution >= 0.6 is 11.6 Å². The lowest BCUT2D eigenvalue weighted by atomic mass is 10.1. The van der Waals surface area contributed by atoms with Gasteiger partial charge in [0.05, 0.1) is 16.0 Å². The molecule has 0 aliphatic rings. The van der Waals surface area contributed by atoms with Crippen molar-refractivity contribution in [2.75, 3.05) is 0 Å². The maximum Gasteiger partial charge on any atom is 0.271 e. The zero-order valence-corrected chi connectivity index (χ0v) is 11.7. The smallest absolute Gasteiger partial charge is 0.271 e. The molecule has 0 saturated heterocycles. The van der Waals surface area contributed by atoms with Crippen molar-refractivity contribution in [1.29, 1.82) is 0 Å². The molecule has 0 amide bonds. The van der Waals surface area contributed by atoms with Gasteiger partial charge in [-0.25, -0.2) is 4.39 Å². The Morgan fingerprint density at radius 3 is 2.67 bits per heavy atom.